The van der Waals surface area contributed by atoms with Crippen LogP contribution < -0.4 is 10.6 Å². The third kappa shape index (κ3) is 3.78. The van der Waals surface area contributed by atoms with Gasteiger partial charge in [0.25, 0.3) is 0 Å². The Balaban J connectivity index is 1.66. The molecule has 0 aliphatic heterocycles. The summed E-state index contributed by atoms with van der Waals surface area (Å²) in [7, 11) is 0. The lowest BCUT2D eigenvalue weighted by molar-refractivity contribution is -0.115. The van der Waals surface area contributed by atoms with Gasteiger partial charge in [0.2, 0.25) is 5.91 Å². The predicted octanol–water partition coefficient (Wildman–Crippen LogP) is 1.12. The normalized spacial score (nSPS) is 22.3. The molecule has 5 heteroatoms. The van der Waals surface area contributed by atoms with Gasteiger partial charge in [0.1, 0.15) is 5.82 Å². The fraction of sp³-hybridized carbons (Fsp3) is 0.462. The first kappa shape index (κ1) is 13.0. The molecule has 1 aromatic rings. The number of nitrogens with one attached hydrogen (secondary N) is 2. The summed E-state index contributed by atoms with van der Waals surface area (Å²) in [6.45, 7) is 0.927. The van der Waals surface area contributed by atoms with E-state index in [4.69, 9.17) is 5.11 Å². The van der Waals surface area contributed by atoms with E-state index in [-0.39, 0.29) is 24.4 Å². The summed E-state index contributed by atoms with van der Waals surface area (Å²) in [6, 6.07) is 5.80. The van der Waals surface area contributed by atoms with Crippen molar-refractivity contribution in [2.75, 3.05) is 18.4 Å². The lowest BCUT2D eigenvalue weighted by Crippen LogP contribution is -2.38. The summed E-state index contributed by atoms with van der Waals surface area (Å²) in [5, 5.41) is 14.7. The van der Waals surface area contributed by atoms with Gasteiger partial charge in [0.15, 0.2) is 0 Å². The summed E-state index contributed by atoms with van der Waals surface area (Å²) in [5.74, 6) is -0.105. The van der Waals surface area contributed by atoms with Gasteiger partial charge in [-0.1, -0.05) is 6.07 Å². The molecule has 1 aromatic carbocycles. The van der Waals surface area contributed by atoms with Crippen LogP contribution in [0.1, 0.15) is 12.8 Å². The number of benzene rings is 1. The van der Waals surface area contributed by atoms with E-state index in [1.54, 1.807) is 12.1 Å². The van der Waals surface area contributed by atoms with Gasteiger partial charge in [-0.15, -0.1) is 0 Å². The van der Waals surface area contributed by atoms with Crippen molar-refractivity contribution in [3.05, 3.63) is 30.1 Å². The number of rotatable bonds is 5. The molecule has 1 fully saturated rings. The van der Waals surface area contributed by atoms with Crippen molar-refractivity contribution in [3.8, 4) is 0 Å². The molecule has 18 heavy (non-hydrogen) atoms. The van der Waals surface area contributed by atoms with Gasteiger partial charge in [-0.05, 0) is 43.5 Å². The number of halogens is 1. The highest BCUT2D eigenvalue weighted by atomic mass is 19.1. The number of hydrogen-bond acceptors (Lipinski definition) is 3. The Morgan fingerprint density at radius 3 is 2.89 bits per heavy atom. The van der Waals surface area contributed by atoms with Crippen molar-refractivity contribution in [3.63, 3.8) is 0 Å². The number of aliphatic hydroxyl groups excluding tert-OH is 1. The minimum absolute atomic E-state index is 0.169. The highest BCUT2D eigenvalue weighted by Gasteiger charge is 2.26. The molecule has 0 radical (unpaired) electrons. The lowest BCUT2D eigenvalue weighted by Gasteiger charge is -2.31. The van der Waals surface area contributed by atoms with E-state index in [2.05, 4.69) is 10.6 Å². The summed E-state index contributed by atoms with van der Waals surface area (Å²) >= 11 is 0. The molecule has 4 nitrogen and oxygen atoms in total. The number of aliphatic hydroxyl groups is 1. The third-order valence-electron chi connectivity index (χ3n) is 3.04. The fourth-order valence-electron chi connectivity index (χ4n) is 2.03. The largest absolute Gasteiger partial charge is 0.393 e. The first-order valence-corrected chi connectivity index (χ1v) is 6.07. The smallest absolute Gasteiger partial charge is 0.238 e. The Morgan fingerprint density at radius 1 is 1.44 bits per heavy atom. The first-order chi connectivity index (χ1) is 8.63. The van der Waals surface area contributed by atoms with Crippen molar-refractivity contribution in [2.24, 2.45) is 5.92 Å². The summed E-state index contributed by atoms with van der Waals surface area (Å²) < 4.78 is 12.9. The van der Waals surface area contributed by atoms with Crippen molar-refractivity contribution in [1.29, 1.82) is 0 Å². The summed E-state index contributed by atoms with van der Waals surface area (Å²) in [6.07, 6.45) is 1.44. The molecule has 1 saturated carbocycles. The van der Waals surface area contributed by atoms with E-state index in [1.165, 1.54) is 12.1 Å². The number of hydrogen-bond donors (Lipinski definition) is 3. The molecule has 98 valence electrons. The van der Waals surface area contributed by atoms with E-state index >= 15 is 0 Å². The maximum Gasteiger partial charge on any atom is 0.238 e. The zero-order chi connectivity index (χ0) is 13.0. The zero-order valence-electron chi connectivity index (χ0n) is 10.0. The van der Waals surface area contributed by atoms with Gasteiger partial charge >= 0.3 is 0 Å². The van der Waals surface area contributed by atoms with E-state index < -0.39 is 0 Å². The van der Waals surface area contributed by atoms with Gasteiger partial charge in [0.05, 0.1) is 12.6 Å². The minimum atomic E-state index is -0.371. The predicted molar refractivity (Wildman–Crippen MR) is 66.6 cm³/mol. The number of amides is 1. The molecule has 2 rings (SSSR count). The molecule has 1 aliphatic carbocycles. The average Bonchev–Trinajstić information content (AvgIpc) is 2.26. The minimum Gasteiger partial charge on any atom is -0.393 e. The molecule has 1 amide bonds. The second-order valence-electron chi connectivity index (χ2n) is 4.68. The number of carbonyl (C=O) groups excluding carboxylic acids is 1. The van der Waals surface area contributed by atoms with Gasteiger partial charge in [-0.3, -0.25) is 4.79 Å². The van der Waals surface area contributed by atoms with Crippen LogP contribution in [0.5, 0.6) is 0 Å². The third-order valence-corrected chi connectivity index (χ3v) is 3.04. The molecule has 0 bridgehead atoms. The molecule has 0 saturated heterocycles. The Bertz CT molecular complexity index is 419. The van der Waals surface area contributed by atoms with E-state index in [0.29, 0.717) is 11.6 Å². The maximum absolute atomic E-state index is 12.9. The Labute approximate surface area is 105 Å². The van der Waals surface area contributed by atoms with Crippen LogP contribution >= 0.6 is 0 Å². The SMILES string of the molecule is O=C(CNCC1CC(O)C1)Nc1cccc(F)c1. The van der Waals surface area contributed by atoms with Crippen LogP contribution in [0.25, 0.3) is 0 Å². The molecule has 1 aliphatic rings. The second-order valence-corrected chi connectivity index (χ2v) is 4.68. The van der Waals surface area contributed by atoms with Crippen LogP contribution in [-0.4, -0.2) is 30.2 Å². The van der Waals surface area contributed by atoms with Crippen molar-refractivity contribution in [2.45, 2.75) is 18.9 Å². The van der Waals surface area contributed by atoms with Gasteiger partial charge in [0, 0.05) is 5.69 Å². The monoisotopic (exact) mass is 252 g/mol. The number of anilines is 1. The topological polar surface area (TPSA) is 61.4 Å². The fourth-order valence-corrected chi connectivity index (χ4v) is 2.03. The van der Waals surface area contributed by atoms with Crippen LogP contribution in [0.3, 0.4) is 0 Å². The Morgan fingerprint density at radius 2 is 2.22 bits per heavy atom. The quantitative estimate of drug-likeness (QED) is 0.736. The van der Waals surface area contributed by atoms with Crippen LogP contribution in [0, 0.1) is 11.7 Å². The van der Waals surface area contributed by atoms with Crippen molar-refractivity contribution >= 4 is 11.6 Å². The molecular formula is C13H17FN2O2. The summed E-state index contributed by atoms with van der Waals surface area (Å²) in [4.78, 5) is 11.5. The van der Waals surface area contributed by atoms with Gasteiger partial charge in [-0.25, -0.2) is 4.39 Å². The van der Waals surface area contributed by atoms with E-state index in [9.17, 15) is 9.18 Å². The average molecular weight is 252 g/mol. The first-order valence-electron chi connectivity index (χ1n) is 6.07. The van der Waals surface area contributed by atoms with Crippen molar-refractivity contribution < 1.29 is 14.3 Å². The van der Waals surface area contributed by atoms with Gasteiger partial charge < -0.3 is 15.7 Å². The molecule has 0 aromatic heterocycles. The highest BCUT2D eigenvalue weighted by molar-refractivity contribution is 5.92. The van der Waals surface area contributed by atoms with Crippen LogP contribution in [-0.2, 0) is 4.79 Å². The molecule has 0 atom stereocenters. The van der Waals surface area contributed by atoms with Crippen molar-refractivity contribution in [1.82, 2.24) is 5.32 Å². The molecule has 0 heterocycles. The van der Waals surface area contributed by atoms with E-state index in [0.717, 1.165) is 19.4 Å². The van der Waals surface area contributed by atoms with Crippen LogP contribution in [0.4, 0.5) is 10.1 Å². The van der Waals surface area contributed by atoms with E-state index in [1.807, 2.05) is 0 Å². The summed E-state index contributed by atoms with van der Waals surface area (Å²) in [5.41, 5.74) is 0.459. The Hall–Kier alpha value is -1.46. The lowest BCUT2D eigenvalue weighted by atomic mass is 9.82. The maximum atomic E-state index is 12.9. The molecule has 0 unspecified atom stereocenters. The highest BCUT2D eigenvalue weighted by Crippen LogP contribution is 2.25. The Kier molecular flexibility index (Phi) is 4.28. The van der Waals surface area contributed by atoms with Crippen LogP contribution in [0.2, 0.25) is 0 Å². The van der Waals surface area contributed by atoms with Crippen LogP contribution in [0.15, 0.2) is 24.3 Å². The number of carbonyl (C=O) groups is 1. The molecule has 0 spiro atoms. The molecule has 3 N–H and O–H groups in total. The molecular weight excluding hydrogens is 235 g/mol. The standard InChI is InChI=1S/C13H17FN2O2/c14-10-2-1-3-11(6-10)16-13(18)8-15-7-9-4-12(17)5-9/h1-3,6,9,12,15,17H,4-5,7-8H2,(H,16,18). The second kappa shape index (κ2) is 5.93. The zero-order valence-corrected chi connectivity index (χ0v) is 10.0. The van der Waals surface area contributed by atoms with Gasteiger partial charge in [-0.2, -0.15) is 0 Å².